The number of nitrogens with one attached hydrogen (secondary N) is 2. The highest BCUT2D eigenvalue weighted by Crippen LogP contribution is 2.19. The molecule has 1 unspecified atom stereocenters. The molecule has 0 aromatic heterocycles. The van der Waals surface area contributed by atoms with Gasteiger partial charge in [0.15, 0.2) is 5.96 Å². The number of ether oxygens (including phenoxy) is 3. The Morgan fingerprint density at radius 3 is 2.85 bits per heavy atom. The molecule has 1 aromatic carbocycles. The van der Waals surface area contributed by atoms with Gasteiger partial charge in [-0.25, -0.2) is 0 Å². The Hall–Kier alpha value is -1.06. The van der Waals surface area contributed by atoms with Gasteiger partial charge in [0, 0.05) is 33.4 Å². The summed E-state index contributed by atoms with van der Waals surface area (Å²) in [6.45, 7) is 8.64. The topological polar surface area (TPSA) is 64.1 Å². The van der Waals surface area contributed by atoms with E-state index in [0.717, 1.165) is 62.8 Å². The summed E-state index contributed by atoms with van der Waals surface area (Å²) < 4.78 is 16.8. The van der Waals surface area contributed by atoms with Gasteiger partial charge < -0.3 is 24.8 Å². The van der Waals surface area contributed by atoms with Crippen LogP contribution in [0.4, 0.5) is 0 Å². The van der Waals surface area contributed by atoms with Crippen LogP contribution in [0.15, 0.2) is 23.2 Å². The number of aliphatic imine (C=N–C) groups is 1. The van der Waals surface area contributed by atoms with Crippen molar-refractivity contribution in [2.24, 2.45) is 4.99 Å². The average molecular weight is 491 g/mol. The van der Waals surface area contributed by atoms with Gasteiger partial charge in [-0.3, -0.25) is 4.99 Å². The van der Waals surface area contributed by atoms with Gasteiger partial charge in [0.1, 0.15) is 5.75 Å². The quantitative estimate of drug-likeness (QED) is 0.228. The molecule has 1 saturated heterocycles. The van der Waals surface area contributed by atoms with Gasteiger partial charge in [-0.2, -0.15) is 0 Å². The van der Waals surface area contributed by atoms with Crippen LogP contribution >= 0.6 is 24.0 Å². The lowest BCUT2D eigenvalue weighted by molar-refractivity contribution is 0.0168. The van der Waals surface area contributed by atoms with E-state index in [4.69, 9.17) is 14.2 Å². The molecule has 0 saturated carbocycles. The first kappa shape index (κ1) is 24.0. The molecule has 154 valence electrons. The second kappa shape index (κ2) is 14.0. The van der Waals surface area contributed by atoms with Gasteiger partial charge in [-0.15, -0.1) is 24.0 Å². The highest BCUT2D eigenvalue weighted by atomic mass is 127. The van der Waals surface area contributed by atoms with Crippen LogP contribution in [0.25, 0.3) is 0 Å². The maximum atomic E-state index is 5.67. The number of aryl methyl sites for hydroxylation is 1. The van der Waals surface area contributed by atoms with Crippen molar-refractivity contribution in [1.29, 1.82) is 0 Å². The van der Waals surface area contributed by atoms with E-state index in [1.165, 1.54) is 5.56 Å². The monoisotopic (exact) mass is 491 g/mol. The largest absolute Gasteiger partial charge is 0.494 e. The fourth-order valence-corrected chi connectivity index (χ4v) is 2.92. The number of hydrogen-bond acceptors (Lipinski definition) is 4. The van der Waals surface area contributed by atoms with Gasteiger partial charge in [-0.1, -0.05) is 12.1 Å². The molecule has 1 heterocycles. The maximum Gasteiger partial charge on any atom is 0.191 e. The molecule has 1 aliphatic rings. The molecule has 27 heavy (non-hydrogen) atoms. The summed E-state index contributed by atoms with van der Waals surface area (Å²) in [5, 5.41) is 6.65. The average Bonchev–Trinajstić information content (AvgIpc) is 3.16. The van der Waals surface area contributed by atoms with Crippen molar-refractivity contribution in [3.05, 3.63) is 29.3 Å². The minimum Gasteiger partial charge on any atom is -0.494 e. The van der Waals surface area contributed by atoms with E-state index in [-0.39, 0.29) is 24.0 Å². The van der Waals surface area contributed by atoms with Crippen molar-refractivity contribution >= 4 is 29.9 Å². The third-order valence-corrected chi connectivity index (χ3v) is 4.31. The summed E-state index contributed by atoms with van der Waals surface area (Å²) in [5.74, 6) is 1.75. The fraction of sp³-hybridized carbons (Fsp3) is 0.650. The third kappa shape index (κ3) is 9.12. The molecule has 1 aliphatic heterocycles. The van der Waals surface area contributed by atoms with E-state index in [1.807, 2.05) is 13.0 Å². The number of halogens is 1. The van der Waals surface area contributed by atoms with Crippen LogP contribution in [-0.4, -0.2) is 52.1 Å². The Labute approximate surface area is 180 Å². The molecule has 0 bridgehead atoms. The van der Waals surface area contributed by atoms with E-state index in [9.17, 15) is 0 Å². The van der Waals surface area contributed by atoms with Gasteiger partial charge in [0.2, 0.25) is 0 Å². The molecular formula is C20H34IN3O3. The zero-order chi connectivity index (χ0) is 18.6. The lowest BCUT2D eigenvalue weighted by atomic mass is 10.1. The van der Waals surface area contributed by atoms with Crippen molar-refractivity contribution in [2.75, 3.05) is 40.0 Å². The van der Waals surface area contributed by atoms with Crippen LogP contribution in [0.1, 0.15) is 37.3 Å². The van der Waals surface area contributed by atoms with Crippen molar-refractivity contribution in [2.45, 2.75) is 45.8 Å². The van der Waals surface area contributed by atoms with Crippen LogP contribution in [-0.2, 0) is 16.0 Å². The standard InChI is InChI=1S/C20H33N3O3.HI/c1-4-25-19-9-8-17(13-16(19)2)14-23-20(21-3)22-10-6-11-24-15-18-7-5-12-26-18;/h8-9,13,18H,4-7,10-12,14-15H2,1-3H3,(H2,21,22,23);1H. The van der Waals surface area contributed by atoms with Crippen LogP contribution in [0.3, 0.4) is 0 Å². The molecule has 6 nitrogen and oxygen atoms in total. The van der Waals surface area contributed by atoms with Crippen molar-refractivity contribution in [1.82, 2.24) is 10.6 Å². The molecule has 0 amide bonds. The molecule has 2 N–H and O–H groups in total. The molecule has 2 rings (SSSR count). The molecule has 0 radical (unpaired) electrons. The lowest BCUT2D eigenvalue weighted by Gasteiger charge is -2.14. The third-order valence-electron chi connectivity index (χ3n) is 4.31. The van der Waals surface area contributed by atoms with Crippen molar-refractivity contribution in [3.8, 4) is 5.75 Å². The number of nitrogens with zero attached hydrogens (tertiary/aromatic N) is 1. The minimum atomic E-state index is 0. The fourth-order valence-electron chi connectivity index (χ4n) is 2.92. The van der Waals surface area contributed by atoms with Crippen LogP contribution in [0.5, 0.6) is 5.75 Å². The molecule has 0 spiro atoms. The second-order valence-electron chi connectivity index (χ2n) is 6.45. The van der Waals surface area contributed by atoms with Crippen LogP contribution < -0.4 is 15.4 Å². The Bertz CT molecular complexity index is 563. The predicted octanol–water partition coefficient (Wildman–Crippen LogP) is 3.26. The summed E-state index contributed by atoms with van der Waals surface area (Å²) in [6.07, 6.45) is 3.52. The van der Waals surface area contributed by atoms with Crippen LogP contribution in [0.2, 0.25) is 0 Å². The first-order valence-corrected chi connectivity index (χ1v) is 9.59. The summed E-state index contributed by atoms with van der Waals surface area (Å²) >= 11 is 0. The lowest BCUT2D eigenvalue weighted by Crippen LogP contribution is -2.37. The van der Waals surface area contributed by atoms with E-state index in [2.05, 4.69) is 34.7 Å². The number of hydrogen-bond donors (Lipinski definition) is 2. The normalized spacial score (nSPS) is 16.7. The molecule has 0 aliphatic carbocycles. The Morgan fingerprint density at radius 2 is 2.19 bits per heavy atom. The SMILES string of the molecule is CCOc1ccc(CNC(=NC)NCCCOCC2CCCO2)cc1C.I. The minimum absolute atomic E-state index is 0. The molecular weight excluding hydrogens is 457 g/mol. The highest BCUT2D eigenvalue weighted by Gasteiger charge is 2.14. The summed E-state index contributed by atoms with van der Waals surface area (Å²) in [4.78, 5) is 4.26. The van der Waals surface area contributed by atoms with Crippen LogP contribution in [0, 0.1) is 6.92 Å². The predicted molar refractivity (Wildman–Crippen MR) is 120 cm³/mol. The van der Waals surface area contributed by atoms with Crippen molar-refractivity contribution < 1.29 is 14.2 Å². The first-order chi connectivity index (χ1) is 12.7. The molecule has 1 aromatic rings. The van der Waals surface area contributed by atoms with E-state index in [1.54, 1.807) is 7.05 Å². The van der Waals surface area contributed by atoms with Gasteiger partial charge in [0.05, 0.1) is 19.3 Å². The smallest absolute Gasteiger partial charge is 0.191 e. The van der Waals surface area contributed by atoms with Gasteiger partial charge >= 0.3 is 0 Å². The second-order valence-corrected chi connectivity index (χ2v) is 6.45. The maximum absolute atomic E-state index is 5.67. The Balaban J connectivity index is 0.00000364. The summed E-state index contributed by atoms with van der Waals surface area (Å²) in [6, 6.07) is 6.25. The molecule has 7 heteroatoms. The Morgan fingerprint density at radius 1 is 1.33 bits per heavy atom. The van der Waals surface area contributed by atoms with E-state index in [0.29, 0.717) is 19.3 Å². The zero-order valence-electron chi connectivity index (χ0n) is 16.8. The van der Waals surface area contributed by atoms with Crippen molar-refractivity contribution in [3.63, 3.8) is 0 Å². The number of rotatable bonds is 10. The van der Waals surface area contributed by atoms with E-state index >= 15 is 0 Å². The molecule has 1 fully saturated rings. The highest BCUT2D eigenvalue weighted by molar-refractivity contribution is 14.0. The first-order valence-electron chi connectivity index (χ1n) is 9.59. The summed E-state index contributed by atoms with van der Waals surface area (Å²) in [7, 11) is 1.78. The van der Waals surface area contributed by atoms with Gasteiger partial charge in [-0.05, 0) is 50.3 Å². The number of benzene rings is 1. The Kier molecular flexibility index (Phi) is 12.4. The van der Waals surface area contributed by atoms with Gasteiger partial charge in [0.25, 0.3) is 0 Å². The number of guanidine groups is 1. The van der Waals surface area contributed by atoms with E-state index < -0.39 is 0 Å². The molecule has 1 atom stereocenters. The summed E-state index contributed by atoms with van der Waals surface area (Å²) in [5.41, 5.74) is 2.35. The zero-order valence-corrected chi connectivity index (χ0v) is 19.1.